The van der Waals surface area contributed by atoms with Crippen molar-refractivity contribution in [2.45, 2.75) is 25.9 Å². The Labute approximate surface area is 158 Å². The molecule has 1 unspecified atom stereocenters. The van der Waals surface area contributed by atoms with Crippen molar-refractivity contribution in [3.05, 3.63) is 36.4 Å². The maximum absolute atomic E-state index is 12.7. The van der Waals surface area contributed by atoms with E-state index in [2.05, 4.69) is 15.5 Å². The van der Waals surface area contributed by atoms with Crippen LogP contribution in [0.1, 0.15) is 19.8 Å². The minimum absolute atomic E-state index is 0.130. The Bertz CT molecular complexity index is 754. The van der Waals surface area contributed by atoms with Crippen LogP contribution in [0.3, 0.4) is 0 Å². The van der Waals surface area contributed by atoms with Crippen LogP contribution < -0.4 is 19.5 Å². The number of carbonyl (C=O) groups is 1. The molecule has 27 heavy (non-hydrogen) atoms. The van der Waals surface area contributed by atoms with Gasteiger partial charge in [0.05, 0.1) is 25.9 Å². The molecule has 2 amide bonds. The lowest BCUT2D eigenvalue weighted by molar-refractivity contribution is 0.101. The summed E-state index contributed by atoms with van der Waals surface area (Å²) in [5.74, 6) is 1.51. The molecule has 0 saturated carbocycles. The lowest BCUT2D eigenvalue weighted by Crippen LogP contribution is -2.46. The van der Waals surface area contributed by atoms with Crippen LogP contribution in [0.5, 0.6) is 17.5 Å². The van der Waals surface area contributed by atoms with Gasteiger partial charge >= 0.3 is 6.03 Å². The number of rotatable bonds is 6. The summed E-state index contributed by atoms with van der Waals surface area (Å²) in [7, 11) is 1.53. The van der Waals surface area contributed by atoms with E-state index in [0.717, 1.165) is 12.8 Å². The van der Waals surface area contributed by atoms with Crippen LogP contribution in [-0.2, 0) is 0 Å². The molecule has 3 rings (SSSR count). The third kappa shape index (κ3) is 4.99. The summed E-state index contributed by atoms with van der Waals surface area (Å²) in [5.41, 5.74) is 0.661. The molecule has 1 fully saturated rings. The summed E-state index contributed by atoms with van der Waals surface area (Å²) >= 11 is 0. The molecular weight excluding hydrogens is 348 g/mol. The van der Waals surface area contributed by atoms with Crippen molar-refractivity contribution in [1.29, 1.82) is 0 Å². The number of methoxy groups -OCH3 is 1. The second-order valence-corrected chi connectivity index (χ2v) is 6.10. The Morgan fingerprint density at radius 1 is 1.22 bits per heavy atom. The summed E-state index contributed by atoms with van der Waals surface area (Å²) in [5, 5.41) is 10.8. The highest BCUT2D eigenvalue weighted by Crippen LogP contribution is 2.25. The minimum atomic E-state index is -0.170. The Hall–Kier alpha value is -3.03. The van der Waals surface area contributed by atoms with E-state index in [4.69, 9.17) is 14.2 Å². The summed E-state index contributed by atoms with van der Waals surface area (Å²) in [6, 6.07) is 10.6. The molecule has 1 saturated heterocycles. The summed E-state index contributed by atoms with van der Waals surface area (Å²) in [4.78, 5) is 14.4. The van der Waals surface area contributed by atoms with Gasteiger partial charge in [-0.2, -0.15) is 0 Å². The van der Waals surface area contributed by atoms with Gasteiger partial charge in [0.15, 0.2) is 0 Å². The van der Waals surface area contributed by atoms with E-state index in [9.17, 15) is 4.79 Å². The Balaban J connectivity index is 1.59. The summed E-state index contributed by atoms with van der Waals surface area (Å²) in [6.07, 6.45) is 1.58. The van der Waals surface area contributed by atoms with E-state index in [1.807, 2.05) is 31.2 Å². The van der Waals surface area contributed by atoms with Crippen LogP contribution in [0.2, 0.25) is 0 Å². The molecule has 2 aromatic rings. The maximum Gasteiger partial charge on any atom is 0.322 e. The molecule has 1 aliphatic heterocycles. The van der Waals surface area contributed by atoms with Gasteiger partial charge in [0.1, 0.15) is 11.9 Å². The second-order valence-electron chi connectivity index (χ2n) is 6.10. The number of hydrogen-bond donors (Lipinski definition) is 1. The van der Waals surface area contributed by atoms with E-state index >= 15 is 0 Å². The van der Waals surface area contributed by atoms with Crippen molar-refractivity contribution in [2.75, 3.05) is 32.1 Å². The predicted octanol–water partition coefficient (Wildman–Crippen LogP) is 2.96. The minimum Gasteiger partial charge on any atom is -0.492 e. The number of nitrogens with one attached hydrogen (secondary N) is 1. The van der Waals surface area contributed by atoms with Gasteiger partial charge in [-0.05, 0) is 31.9 Å². The topological polar surface area (TPSA) is 85.8 Å². The first-order valence-electron chi connectivity index (χ1n) is 9.01. The average molecular weight is 372 g/mol. The third-order valence-corrected chi connectivity index (χ3v) is 4.21. The number of anilines is 1. The molecule has 144 valence electrons. The largest absolute Gasteiger partial charge is 0.492 e. The molecule has 0 aliphatic carbocycles. The fourth-order valence-electron chi connectivity index (χ4n) is 2.91. The van der Waals surface area contributed by atoms with Gasteiger partial charge in [-0.3, -0.25) is 0 Å². The van der Waals surface area contributed by atoms with Gasteiger partial charge in [-0.25, -0.2) is 4.79 Å². The molecule has 1 aromatic carbocycles. The van der Waals surface area contributed by atoms with Crippen LogP contribution in [-0.4, -0.2) is 54.0 Å². The highest BCUT2D eigenvalue weighted by molar-refractivity contribution is 5.91. The third-order valence-electron chi connectivity index (χ3n) is 4.21. The van der Waals surface area contributed by atoms with E-state index in [1.165, 1.54) is 7.11 Å². The molecule has 0 radical (unpaired) electrons. The number of carbonyl (C=O) groups excluding carboxylic acids is 1. The number of para-hydroxylation sites is 2. The van der Waals surface area contributed by atoms with Crippen LogP contribution in [0, 0.1) is 0 Å². The van der Waals surface area contributed by atoms with Crippen molar-refractivity contribution < 1.29 is 19.0 Å². The van der Waals surface area contributed by atoms with Crippen LogP contribution in [0.25, 0.3) is 0 Å². The Morgan fingerprint density at radius 3 is 2.74 bits per heavy atom. The molecule has 1 aromatic heterocycles. The highest BCUT2D eigenvalue weighted by Gasteiger charge is 2.26. The number of ether oxygens (including phenoxy) is 3. The van der Waals surface area contributed by atoms with Crippen molar-refractivity contribution in [3.8, 4) is 17.5 Å². The van der Waals surface area contributed by atoms with Gasteiger partial charge in [0.25, 0.3) is 0 Å². The number of piperidine rings is 1. The molecule has 1 atom stereocenters. The van der Waals surface area contributed by atoms with Gasteiger partial charge in [0, 0.05) is 18.7 Å². The number of aromatic nitrogens is 2. The molecule has 0 bridgehead atoms. The number of hydrogen-bond acceptors (Lipinski definition) is 6. The van der Waals surface area contributed by atoms with Crippen LogP contribution in [0.15, 0.2) is 36.4 Å². The van der Waals surface area contributed by atoms with Crippen LogP contribution in [0.4, 0.5) is 10.5 Å². The number of urea groups is 1. The van der Waals surface area contributed by atoms with Gasteiger partial charge in [-0.15, -0.1) is 10.2 Å². The van der Waals surface area contributed by atoms with E-state index in [1.54, 1.807) is 17.0 Å². The lowest BCUT2D eigenvalue weighted by Gasteiger charge is -2.32. The monoisotopic (exact) mass is 372 g/mol. The van der Waals surface area contributed by atoms with Gasteiger partial charge < -0.3 is 24.4 Å². The normalized spacial score (nSPS) is 16.5. The standard InChI is InChI=1S/C19H24N4O4/c1-3-26-16-9-5-4-8-15(16)20-19(24)23-12-6-7-14(13-23)27-18-11-10-17(25-2)21-22-18/h4-5,8-11,14H,3,6-7,12-13H2,1-2H3,(H,20,24). The first-order chi connectivity index (χ1) is 13.2. The van der Waals surface area contributed by atoms with E-state index < -0.39 is 0 Å². The molecule has 1 aliphatic rings. The molecule has 1 N–H and O–H groups in total. The fraction of sp³-hybridized carbons (Fsp3) is 0.421. The number of amides is 2. The quantitative estimate of drug-likeness (QED) is 0.839. The zero-order valence-electron chi connectivity index (χ0n) is 15.6. The van der Waals surface area contributed by atoms with Crippen molar-refractivity contribution in [1.82, 2.24) is 15.1 Å². The average Bonchev–Trinajstić information content (AvgIpc) is 2.70. The first-order valence-corrected chi connectivity index (χ1v) is 9.01. The second kappa shape index (κ2) is 9.07. The predicted molar refractivity (Wildman–Crippen MR) is 100 cm³/mol. The maximum atomic E-state index is 12.7. The molecular formula is C19H24N4O4. The molecule has 0 spiro atoms. The van der Waals surface area contributed by atoms with Crippen molar-refractivity contribution >= 4 is 11.7 Å². The van der Waals surface area contributed by atoms with Crippen molar-refractivity contribution in [2.24, 2.45) is 0 Å². The van der Waals surface area contributed by atoms with E-state index in [-0.39, 0.29) is 12.1 Å². The highest BCUT2D eigenvalue weighted by atomic mass is 16.5. The first kappa shape index (κ1) is 18.8. The Kier molecular flexibility index (Phi) is 6.30. The smallest absolute Gasteiger partial charge is 0.322 e. The molecule has 8 heteroatoms. The summed E-state index contributed by atoms with van der Waals surface area (Å²) < 4.78 is 16.4. The lowest BCUT2D eigenvalue weighted by atomic mass is 10.1. The molecule has 2 heterocycles. The number of likely N-dealkylation sites (tertiary alicyclic amines) is 1. The number of benzene rings is 1. The molecule has 8 nitrogen and oxygen atoms in total. The Morgan fingerprint density at radius 2 is 2.00 bits per heavy atom. The summed E-state index contributed by atoms with van der Waals surface area (Å²) in [6.45, 7) is 3.61. The van der Waals surface area contributed by atoms with Gasteiger partial charge in [0.2, 0.25) is 11.8 Å². The SMILES string of the molecule is CCOc1ccccc1NC(=O)N1CCCC(Oc2ccc(OC)nn2)C1. The van der Waals surface area contributed by atoms with Crippen molar-refractivity contribution in [3.63, 3.8) is 0 Å². The van der Waals surface area contributed by atoms with Gasteiger partial charge in [-0.1, -0.05) is 12.1 Å². The van der Waals surface area contributed by atoms with E-state index in [0.29, 0.717) is 42.9 Å². The zero-order valence-corrected chi connectivity index (χ0v) is 15.6. The number of nitrogens with zero attached hydrogens (tertiary/aromatic N) is 3. The fourth-order valence-corrected chi connectivity index (χ4v) is 2.91. The van der Waals surface area contributed by atoms with Crippen LogP contribution >= 0.6 is 0 Å². The zero-order chi connectivity index (χ0) is 19.1.